The molecule has 0 aromatic heterocycles. The van der Waals surface area contributed by atoms with Crippen molar-refractivity contribution in [2.75, 3.05) is 17.5 Å². The van der Waals surface area contributed by atoms with Crippen LogP contribution in [-0.4, -0.2) is 27.5 Å². The third-order valence-electron chi connectivity index (χ3n) is 3.17. The average Bonchev–Trinajstić information content (AvgIpc) is 2.56. The molecule has 5 nitrogen and oxygen atoms in total. The summed E-state index contributed by atoms with van der Waals surface area (Å²) in [7, 11) is -4.03. The van der Waals surface area contributed by atoms with E-state index in [2.05, 4.69) is 22.6 Å². The van der Waals surface area contributed by atoms with Crippen LogP contribution in [0.5, 0.6) is 0 Å². The molecule has 0 aliphatic rings. The fourth-order valence-electron chi connectivity index (χ4n) is 2.01. The van der Waals surface area contributed by atoms with Crippen molar-refractivity contribution in [2.45, 2.75) is 11.8 Å². The van der Waals surface area contributed by atoms with Gasteiger partial charge in [0, 0.05) is 3.57 Å². The summed E-state index contributed by atoms with van der Waals surface area (Å²) < 4.78 is 32.9. The topological polar surface area (TPSA) is 63.7 Å². The molecule has 2 aromatic carbocycles. The second-order valence-electron chi connectivity index (χ2n) is 4.87. The van der Waals surface area contributed by atoms with E-state index in [4.69, 9.17) is 27.9 Å². The van der Waals surface area contributed by atoms with E-state index in [0.717, 1.165) is 7.88 Å². The van der Waals surface area contributed by atoms with E-state index in [9.17, 15) is 13.2 Å². The molecule has 0 saturated heterocycles. The first kappa shape index (κ1) is 20.3. The van der Waals surface area contributed by atoms with Gasteiger partial charge < -0.3 is 4.74 Å². The number of anilines is 1. The van der Waals surface area contributed by atoms with Crippen LogP contribution in [0.15, 0.2) is 47.4 Å². The van der Waals surface area contributed by atoms with Crippen LogP contribution in [-0.2, 0) is 19.6 Å². The van der Waals surface area contributed by atoms with Gasteiger partial charge in [0.2, 0.25) is 0 Å². The smallest absolute Gasteiger partial charge is 0.326 e. The molecule has 0 N–H and O–H groups in total. The Morgan fingerprint density at radius 1 is 1.12 bits per heavy atom. The van der Waals surface area contributed by atoms with Crippen molar-refractivity contribution in [3.63, 3.8) is 0 Å². The minimum absolute atomic E-state index is 0.0650. The zero-order valence-electron chi connectivity index (χ0n) is 13.1. The third-order valence-corrected chi connectivity index (χ3v) is 6.40. The number of carbonyl (C=O) groups is 1. The molecule has 134 valence electrons. The Morgan fingerprint density at radius 3 is 2.32 bits per heavy atom. The largest absolute Gasteiger partial charge is 0.465 e. The van der Waals surface area contributed by atoms with E-state index < -0.39 is 22.5 Å². The molecule has 0 aliphatic carbocycles. The molecule has 2 aromatic rings. The van der Waals surface area contributed by atoms with Crippen LogP contribution in [0.4, 0.5) is 5.69 Å². The molecule has 0 spiro atoms. The highest BCUT2D eigenvalue weighted by Gasteiger charge is 2.28. The zero-order valence-corrected chi connectivity index (χ0v) is 17.6. The van der Waals surface area contributed by atoms with Gasteiger partial charge in [0.05, 0.1) is 27.2 Å². The average molecular weight is 514 g/mol. The maximum Gasteiger partial charge on any atom is 0.326 e. The van der Waals surface area contributed by atoms with E-state index in [1.54, 1.807) is 31.2 Å². The fraction of sp³-hybridized carbons (Fsp3) is 0.188. The molecular formula is C16H14Cl2INO4S. The first-order chi connectivity index (χ1) is 11.8. The van der Waals surface area contributed by atoms with Gasteiger partial charge in [0.1, 0.15) is 6.54 Å². The normalized spacial score (nSPS) is 11.2. The van der Waals surface area contributed by atoms with Crippen LogP contribution in [0, 0.1) is 3.57 Å². The highest BCUT2D eigenvalue weighted by Crippen LogP contribution is 2.29. The van der Waals surface area contributed by atoms with E-state index in [0.29, 0.717) is 5.69 Å². The van der Waals surface area contributed by atoms with Crippen LogP contribution >= 0.6 is 45.8 Å². The second-order valence-corrected chi connectivity index (χ2v) is 8.79. The number of hydrogen-bond donors (Lipinski definition) is 0. The van der Waals surface area contributed by atoms with Gasteiger partial charge in [-0.05, 0) is 72.0 Å². The second kappa shape index (κ2) is 8.57. The summed E-state index contributed by atoms with van der Waals surface area (Å²) in [4.78, 5) is 11.9. The first-order valence-corrected chi connectivity index (χ1v) is 10.4. The quantitative estimate of drug-likeness (QED) is 0.425. The van der Waals surface area contributed by atoms with Crippen LogP contribution in [0.25, 0.3) is 0 Å². The number of carbonyl (C=O) groups excluding carboxylic acids is 1. The van der Waals surface area contributed by atoms with E-state index in [-0.39, 0.29) is 21.5 Å². The molecule has 2 rings (SSSR count). The van der Waals surface area contributed by atoms with Crippen molar-refractivity contribution in [1.82, 2.24) is 0 Å². The number of rotatable bonds is 6. The van der Waals surface area contributed by atoms with E-state index in [1.807, 2.05) is 0 Å². The van der Waals surface area contributed by atoms with Crippen molar-refractivity contribution in [3.05, 3.63) is 56.1 Å². The number of esters is 1. The van der Waals surface area contributed by atoms with E-state index in [1.165, 1.54) is 18.2 Å². The van der Waals surface area contributed by atoms with Crippen LogP contribution in [0.1, 0.15) is 6.92 Å². The van der Waals surface area contributed by atoms with Gasteiger partial charge >= 0.3 is 5.97 Å². The third kappa shape index (κ3) is 4.99. The summed E-state index contributed by atoms with van der Waals surface area (Å²) in [5.41, 5.74) is 0.347. The molecule has 0 unspecified atom stereocenters. The molecule has 0 aliphatic heterocycles. The first-order valence-electron chi connectivity index (χ1n) is 7.14. The minimum atomic E-state index is -4.03. The van der Waals surface area contributed by atoms with Gasteiger partial charge in [0.15, 0.2) is 0 Å². The highest BCUT2D eigenvalue weighted by atomic mass is 127. The van der Waals surface area contributed by atoms with Crippen molar-refractivity contribution in [1.29, 1.82) is 0 Å². The Morgan fingerprint density at radius 2 is 1.76 bits per heavy atom. The minimum Gasteiger partial charge on any atom is -0.465 e. The summed E-state index contributed by atoms with van der Waals surface area (Å²) in [6.07, 6.45) is 0. The number of hydrogen-bond acceptors (Lipinski definition) is 4. The molecule has 0 bridgehead atoms. The maximum absolute atomic E-state index is 13.0. The van der Waals surface area contributed by atoms with Crippen LogP contribution < -0.4 is 4.31 Å². The van der Waals surface area contributed by atoms with Gasteiger partial charge in [-0.3, -0.25) is 9.10 Å². The number of nitrogens with zero attached hydrogens (tertiary/aromatic N) is 1. The number of sulfonamides is 1. The zero-order chi connectivity index (χ0) is 18.6. The fourth-order valence-corrected chi connectivity index (χ4v) is 4.17. The molecule has 0 saturated carbocycles. The predicted octanol–water partition coefficient (Wildman–Crippen LogP) is 4.36. The van der Waals surface area contributed by atoms with Crippen molar-refractivity contribution in [3.8, 4) is 0 Å². The molecule has 25 heavy (non-hydrogen) atoms. The van der Waals surface area contributed by atoms with Crippen molar-refractivity contribution in [2.24, 2.45) is 0 Å². The van der Waals surface area contributed by atoms with Gasteiger partial charge in [-0.2, -0.15) is 0 Å². The standard InChI is InChI=1S/C16H14Cl2INO4S/c1-2-24-16(21)10-20(12-5-3-11(19)4-6-12)25(22,23)13-7-8-14(17)15(18)9-13/h3-9H,2,10H2,1H3. The number of halogens is 3. The Balaban J connectivity index is 2.50. The van der Waals surface area contributed by atoms with Gasteiger partial charge in [-0.25, -0.2) is 8.42 Å². The molecule has 0 amide bonds. The lowest BCUT2D eigenvalue weighted by Crippen LogP contribution is -2.36. The molecule has 0 fully saturated rings. The Bertz CT molecular complexity index is 872. The van der Waals surface area contributed by atoms with Crippen LogP contribution in [0.2, 0.25) is 10.0 Å². The summed E-state index contributed by atoms with van der Waals surface area (Å²) in [5, 5.41) is 0.355. The summed E-state index contributed by atoms with van der Waals surface area (Å²) in [5.74, 6) is -0.648. The molecule has 0 heterocycles. The van der Waals surface area contributed by atoms with Crippen LogP contribution in [0.3, 0.4) is 0 Å². The van der Waals surface area contributed by atoms with Gasteiger partial charge in [0.25, 0.3) is 10.0 Å². The molecular weight excluding hydrogens is 500 g/mol. The lowest BCUT2D eigenvalue weighted by Gasteiger charge is -2.23. The predicted molar refractivity (Wildman–Crippen MR) is 107 cm³/mol. The lowest BCUT2D eigenvalue weighted by molar-refractivity contribution is -0.141. The highest BCUT2D eigenvalue weighted by molar-refractivity contribution is 14.1. The Labute approximate surface area is 170 Å². The van der Waals surface area contributed by atoms with Crippen molar-refractivity contribution >= 4 is 67.5 Å². The monoisotopic (exact) mass is 513 g/mol. The SMILES string of the molecule is CCOC(=O)CN(c1ccc(I)cc1)S(=O)(=O)c1ccc(Cl)c(Cl)c1. The van der Waals surface area contributed by atoms with E-state index >= 15 is 0 Å². The summed E-state index contributed by atoms with van der Waals surface area (Å²) >= 11 is 13.9. The number of ether oxygens (including phenoxy) is 1. The molecule has 9 heteroatoms. The molecule has 0 radical (unpaired) electrons. The Hall–Kier alpha value is -1.03. The summed E-state index contributed by atoms with van der Waals surface area (Å²) in [6, 6.07) is 10.7. The summed E-state index contributed by atoms with van der Waals surface area (Å²) in [6.45, 7) is 1.36. The lowest BCUT2D eigenvalue weighted by atomic mass is 10.3. The van der Waals surface area contributed by atoms with Gasteiger partial charge in [-0.1, -0.05) is 23.2 Å². The van der Waals surface area contributed by atoms with Crippen molar-refractivity contribution < 1.29 is 17.9 Å². The number of benzene rings is 2. The van der Waals surface area contributed by atoms with Gasteiger partial charge in [-0.15, -0.1) is 0 Å². The Kier molecular flexibility index (Phi) is 6.95. The maximum atomic E-state index is 13.0. The molecule has 0 atom stereocenters.